The predicted octanol–water partition coefficient (Wildman–Crippen LogP) is 5.02. The Morgan fingerprint density at radius 2 is 2.13 bits per heavy atom. The molecule has 6 atom stereocenters. The van der Waals surface area contributed by atoms with Crippen molar-refractivity contribution in [2.24, 2.45) is 23.2 Å². The highest BCUT2D eigenvalue weighted by atomic mass is 79.9. The van der Waals surface area contributed by atoms with Gasteiger partial charge in [0.1, 0.15) is 18.0 Å². The second kappa shape index (κ2) is 7.34. The molecule has 1 aliphatic carbocycles. The number of rotatable bonds is 4. The minimum Gasteiger partial charge on any atom is -0.487 e. The number of esters is 1. The molecular weight excluding hydrogens is 460 g/mol. The summed E-state index contributed by atoms with van der Waals surface area (Å²) >= 11 is 3.43. The Kier molecular flexibility index (Phi) is 4.97. The SMILES string of the molecule is CCn1cc(Br)c(C(=O)OC[C@@]23CO[C@H]4c5ccccc5O[C@](C)(C[C@@H]2C)[C@@H]4[C@@H]3C)n1. The van der Waals surface area contributed by atoms with Gasteiger partial charge in [0.25, 0.3) is 0 Å². The van der Waals surface area contributed by atoms with Crippen LogP contribution >= 0.6 is 15.9 Å². The van der Waals surface area contributed by atoms with Gasteiger partial charge in [0.2, 0.25) is 0 Å². The molecule has 1 saturated carbocycles. The molecule has 0 amide bonds. The van der Waals surface area contributed by atoms with Crippen LogP contribution in [0.15, 0.2) is 34.9 Å². The van der Waals surface area contributed by atoms with Gasteiger partial charge in [-0.05, 0) is 54.1 Å². The van der Waals surface area contributed by atoms with Crippen LogP contribution in [-0.2, 0) is 16.0 Å². The molecule has 0 unspecified atom stereocenters. The van der Waals surface area contributed by atoms with E-state index in [0.717, 1.165) is 17.7 Å². The zero-order chi connectivity index (χ0) is 22.0. The van der Waals surface area contributed by atoms with Crippen LogP contribution in [0.3, 0.4) is 0 Å². The number of aromatic nitrogens is 2. The van der Waals surface area contributed by atoms with Crippen molar-refractivity contribution in [3.63, 3.8) is 0 Å². The molecule has 5 rings (SSSR count). The lowest BCUT2D eigenvalue weighted by Gasteiger charge is -2.63. The van der Waals surface area contributed by atoms with Gasteiger partial charge in [-0.25, -0.2) is 4.79 Å². The quantitative estimate of drug-likeness (QED) is 0.565. The monoisotopic (exact) mass is 488 g/mol. The summed E-state index contributed by atoms with van der Waals surface area (Å²) in [6.45, 7) is 10.3. The molecule has 0 radical (unpaired) electrons. The number of benzene rings is 1. The Hall–Kier alpha value is -1.86. The zero-order valence-corrected chi connectivity index (χ0v) is 20.0. The number of halogens is 1. The lowest BCUT2D eigenvalue weighted by molar-refractivity contribution is -0.259. The minimum absolute atomic E-state index is 0.00988. The Balaban J connectivity index is 1.42. The van der Waals surface area contributed by atoms with Gasteiger partial charge in [-0.15, -0.1) is 0 Å². The molecule has 166 valence electrons. The first kappa shape index (κ1) is 21.0. The highest BCUT2D eigenvalue weighted by Gasteiger charge is 2.64. The Morgan fingerprint density at radius 3 is 2.87 bits per heavy atom. The summed E-state index contributed by atoms with van der Waals surface area (Å²) in [6.07, 6.45) is 2.72. The number of para-hydroxylation sites is 1. The average Bonchev–Trinajstić information content (AvgIpc) is 3.12. The van der Waals surface area contributed by atoms with Crippen LogP contribution < -0.4 is 4.74 Å². The smallest absolute Gasteiger partial charge is 0.360 e. The van der Waals surface area contributed by atoms with E-state index in [9.17, 15) is 4.79 Å². The van der Waals surface area contributed by atoms with Crippen molar-refractivity contribution in [1.82, 2.24) is 9.78 Å². The van der Waals surface area contributed by atoms with Crippen LogP contribution in [0.5, 0.6) is 5.75 Å². The van der Waals surface area contributed by atoms with Crippen LogP contribution in [0.1, 0.15) is 56.3 Å². The van der Waals surface area contributed by atoms with Crippen LogP contribution in [0, 0.1) is 23.2 Å². The summed E-state index contributed by atoms with van der Waals surface area (Å²) < 4.78 is 21.4. The fourth-order valence-electron chi connectivity index (χ4n) is 6.22. The van der Waals surface area contributed by atoms with Crippen molar-refractivity contribution in [3.8, 4) is 5.75 Å². The number of fused-ring (bicyclic) bond motifs is 3. The third kappa shape index (κ3) is 3.07. The molecule has 3 heterocycles. The molecule has 2 aromatic rings. The second-order valence-electron chi connectivity index (χ2n) is 9.59. The normalized spacial score (nSPS) is 35.8. The highest BCUT2D eigenvalue weighted by Crippen LogP contribution is 2.63. The number of carbonyl (C=O) groups excluding carboxylic acids is 1. The number of carbonyl (C=O) groups is 1. The molecule has 31 heavy (non-hydrogen) atoms. The minimum atomic E-state index is -0.395. The molecule has 0 spiro atoms. The first-order valence-corrected chi connectivity index (χ1v) is 11.9. The highest BCUT2D eigenvalue weighted by molar-refractivity contribution is 9.10. The molecule has 1 aromatic carbocycles. The van der Waals surface area contributed by atoms with Crippen LogP contribution in [0.4, 0.5) is 0 Å². The van der Waals surface area contributed by atoms with E-state index in [1.54, 1.807) is 10.9 Å². The van der Waals surface area contributed by atoms with Crippen molar-refractivity contribution >= 4 is 21.9 Å². The van der Waals surface area contributed by atoms with Crippen molar-refractivity contribution in [2.45, 2.75) is 52.4 Å². The van der Waals surface area contributed by atoms with E-state index in [4.69, 9.17) is 14.2 Å². The molecule has 1 saturated heterocycles. The van der Waals surface area contributed by atoms with E-state index in [0.29, 0.717) is 29.9 Å². The van der Waals surface area contributed by atoms with Crippen molar-refractivity contribution in [3.05, 3.63) is 46.2 Å². The van der Waals surface area contributed by atoms with Gasteiger partial charge in [0.15, 0.2) is 5.69 Å². The number of hydrogen-bond donors (Lipinski definition) is 0. The maximum atomic E-state index is 12.8. The fourth-order valence-corrected chi connectivity index (χ4v) is 6.70. The Morgan fingerprint density at radius 1 is 1.35 bits per heavy atom. The summed E-state index contributed by atoms with van der Waals surface area (Å²) in [5.41, 5.74) is 0.912. The first-order chi connectivity index (χ1) is 14.8. The summed E-state index contributed by atoms with van der Waals surface area (Å²) in [7, 11) is 0. The fraction of sp³-hybridized carbons (Fsp3) is 0.583. The number of ether oxygens (including phenoxy) is 3. The van der Waals surface area contributed by atoms with Gasteiger partial charge in [0, 0.05) is 29.6 Å². The molecular formula is C24H29BrN2O4. The van der Waals surface area contributed by atoms with Gasteiger partial charge < -0.3 is 14.2 Å². The van der Waals surface area contributed by atoms with E-state index in [1.807, 2.05) is 25.1 Å². The maximum absolute atomic E-state index is 12.8. The van der Waals surface area contributed by atoms with Crippen LogP contribution in [-0.4, -0.2) is 34.6 Å². The van der Waals surface area contributed by atoms with Gasteiger partial charge in [-0.3, -0.25) is 4.68 Å². The zero-order valence-electron chi connectivity index (χ0n) is 18.4. The average molecular weight is 489 g/mol. The third-order valence-electron chi connectivity index (χ3n) is 7.98. The van der Waals surface area contributed by atoms with Crippen molar-refractivity contribution < 1.29 is 19.0 Å². The molecule has 6 nitrogen and oxygen atoms in total. The van der Waals surface area contributed by atoms with E-state index in [-0.39, 0.29) is 34.9 Å². The lowest BCUT2D eigenvalue weighted by Crippen LogP contribution is -2.66. The second-order valence-corrected chi connectivity index (χ2v) is 10.4. The maximum Gasteiger partial charge on any atom is 0.360 e. The Labute approximate surface area is 191 Å². The van der Waals surface area contributed by atoms with E-state index in [2.05, 4.69) is 47.9 Å². The lowest BCUT2D eigenvalue weighted by atomic mass is 9.50. The first-order valence-electron chi connectivity index (χ1n) is 11.1. The van der Waals surface area contributed by atoms with Crippen LogP contribution in [0.25, 0.3) is 0 Å². The molecule has 7 heteroatoms. The van der Waals surface area contributed by atoms with Gasteiger partial charge in [-0.2, -0.15) is 5.10 Å². The molecule has 1 aromatic heterocycles. The van der Waals surface area contributed by atoms with Gasteiger partial charge >= 0.3 is 5.97 Å². The number of nitrogens with zero attached hydrogens (tertiary/aromatic N) is 2. The van der Waals surface area contributed by atoms with E-state index >= 15 is 0 Å². The standard InChI is InChI=1S/C24H29BrN2O4/c1-5-27-11-17(25)20(26-27)22(28)30-13-24-12-29-21-16-8-6-7-9-18(16)31-23(4,10-14(24)2)19(21)15(24)3/h6-9,11,14-15,19,21H,5,10,12-13H2,1-4H3/t14-,15-,19+,21-,23+,24-/m0/s1. The molecule has 2 aliphatic heterocycles. The molecule has 3 aliphatic rings. The molecule has 0 N–H and O–H groups in total. The van der Waals surface area contributed by atoms with Gasteiger partial charge in [0.05, 0.1) is 17.2 Å². The number of aryl methyl sites for hydroxylation is 1. The van der Waals surface area contributed by atoms with E-state index in [1.165, 1.54) is 0 Å². The Bertz CT molecular complexity index is 1020. The molecule has 2 bridgehead atoms. The summed E-state index contributed by atoms with van der Waals surface area (Å²) in [5, 5.41) is 4.33. The largest absolute Gasteiger partial charge is 0.487 e. The topological polar surface area (TPSA) is 62.6 Å². The van der Waals surface area contributed by atoms with E-state index < -0.39 is 5.97 Å². The van der Waals surface area contributed by atoms with Crippen molar-refractivity contribution in [2.75, 3.05) is 13.2 Å². The number of hydrogen-bond acceptors (Lipinski definition) is 5. The summed E-state index contributed by atoms with van der Waals surface area (Å²) in [5.74, 6) is 1.30. The van der Waals surface area contributed by atoms with Gasteiger partial charge in [-0.1, -0.05) is 32.0 Å². The summed E-state index contributed by atoms with van der Waals surface area (Å²) in [4.78, 5) is 12.8. The third-order valence-corrected chi connectivity index (χ3v) is 8.56. The van der Waals surface area contributed by atoms with Crippen LogP contribution in [0.2, 0.25) is 0 Å². The summed E-state index contributed by atoms with van der Waals surface area (Å²) in [6, 6.07) is 8.21. The predicted molar refractivity (Wildman–Crippen MR) is 119 cm³/mol. The van der Waals surface area contributed by atoms with Crippen molar-refractivity contribution in [1.29, 1.82) is 0 Å². The molecule has 2 fully saturated rings.